The molecule has 0 aliphatic heterocycles. The van der Waals surface area contributed by atoms with Crippen LogP contribution in [0.15, 0.2) is 18.2 Å². The molecule has 0 aliphatic carbocycles. The lowest BCUT2D eigenvalue weighted by Crippen LogP contribution is -2.16. The van der Waals surface area contributed by atoms with Crippen molar-refractivity contribution in [3.8, 4) is 11.5 Å². The molecule has 0 saturated heterocycles. The van der Waals surface area contributed by atoms with E-state index >= 15 is 0 Å². The van der Waals surface area contributed by atoms with Crippen molar-refractivity contribution in [1.82, 2.24) is 0 Å². The summed E-state index contributed by atoms with van der Waals surface area (Å²) in [6.45, 7) is 1.97. The van der Waals surface area contributed by atoms with Crippen LogP contribution >= 0.6 is 0 Å². The van der Waals surface area contributed by atoms with Crippen LogP contribution in [0.5, 0.6) is 11.5 Å². The molecule has 18 heavy (non-hydrogen) atoms. The predicted molar refractivity (Wildman–Crippen MR) is 71.8 cm³/mol. The monoisotopic (exact) mass is 273 g/mol. The highest BCUT2D eigenvalue weighted by Crippen LogP contribution is 2.25. The van der Waals surface area contributed by atoms with Crippen LogP contribution < -0.4 is 15.2 Å². The van der Waals surface area contributed by atoms with Gasteiger partial charge in [0.05, 0.1) is 24.3 Å². The van der Waals surface area contributed by atoms with Gasteiger partial charge in [-0.2, -0.15) is 0 Å². The van der Waals surface area contributed by atoms with E-state index in [2.05, 4.69) is 0 Å². The summed E-state index contributed by atoms with van der Waals surface area (Å²) in [5.41, 5.74) is 6.18. The topological polar surface area (TPSA) is 78.6 Å². The molecule has 0 amide bonds. The molecule has 0 radical (unpaired) electrons. The zero-order chi connectivity index (χ0) is 13.6. The molecule has 2 N–H and O–H groups in total. The normalized spacial score (nSPS) is 11.2. The minimum Gasteiger partial charge on any atom is -0.495 e. The maximum atomic E-state index is 11.5. The number of nitrogen functional groups attached to an aromatic ring is 1. The Morgan fingerprint density at radius 2 is 2.00 bits per heavy atom. The molecule has 102 valence electrons. The van der Waals surface area contributed by atoms with E-state index in [9.17, 15) is 8.42 Å². The number of rotatable bonds is 7. The summed E-state index contributed by atoms with van der Waals surface area (Å²) in [5, 5.41) is 0. The van der Waals surface area contributed by atoms with E-state index in [1.54, 1.807) is 18.2 Å². The molecule has 1 aromatic carbocycles. The van der Waals surface area contributed by atoms with Gasteiger partial charge in [-0.1, -0.05) is 6.92 Å². The molecule has 0 aliphatic rings. The van der Waals surface area contributed by atoms with Gasteiger partial charge in [0, 0.05) is 6.07 Å². The van der Waals surface area contributed by atoms with E-state index < -0.39 is 9.84 Å². The van der Waals surface area contributed by atoms with Crippen LogP contribution in [-0.4, -0.2) is 33.6 Å². The number of sulfone groups is 1. The Labute approximate surface area is 108 Å². The lowest BCUT2D eigenvalue weighted by Gasteiger charge is -2.09. The molecule has 5 nitrogen and oxygen atoms in total. The molecule has 0 aromatic heterocycles. The fourth-order valence-electron chi connectivity index (χ4n) is 1.50. The van der Waals surface area contributed by atoms with Crippen molar-refractivity contribution < 1.29 is 17.9 Å². The second-order valence-corrected chi connectivity index (χ2v) is 6.21. The molecular weight excluding hydrogens is 254 g/mol. The molecule has 0 atom stereocenters. The third-order valence-electron chi connectivity index (χ3n) is 2.38. The summed E-state index contributed by atoms with van der Waals surface area (Å²) in [6, 6.07) is 5.00. The number of nitrogens with two attached hydrogens (primary N) is 1. The van der Waals surface area contributed by atoms with Crippen LogP contribution in [0.2, 0.25) is 0 Å². The third-order valence-corrected chi connectivity index (χ3v) is 4.20. The van der Waals surface area contributed by atoms with Crippen molar-refractivity contribution in [1.29, 1.82) is 0 Å². The summed E-state index contributed by atoms with van der Waals surface area (Å²) < 4.78 is 33.3. The Kier molecular flexibility index (Phi) is 5.27. The zero-order valence-corrected chi connectivity index (χ0v) is 11.5. The van der Waals surface area contributed by atoms with Crippen LogP contribution in [0.4, 0.5) is 5.69 Å². The zero-order valence-electron chi connectivity index (χ0n) is 10.7. The van der Waals surface area contributed by atoms with Gasteiger partial charge in [-0.3, -0.25) is 0 Å². The van der Waals surface area contributed by atoms with Crippen molar-refractivity contribution in [3.05, 3.63) is 18.2 Å². The highest BCUT2D eigenvalue weighted by Gasteiger charge is 2.09. The van der Waals surface area contributed by atoms with Crippen LogP contribution in [-0.2, 0) is 9.84 Å². The minimum atomic E-state index is -3.01. The SMILES string of the molecule is CCCS(=O)(=O)CCOc1ccc(OC)c(N)c1. The smallest absolute Gasteiger partial charge is 0.153 e. The molecule has 1 aromatic rings. The Morgan fingerprint density at radius 3 is 2.56 bits per heavy atom. The molecule has 0 unspecified atom stereocenters. The summed E-state index contributed by atoms with van der Waals surface area (Å²) in [7, 11) is -1.47. The maximum absolute atomic E-state index is 11.5. The molecule has 0 heterocycles. The molecular formula is C12H19NO4S. The van der Waals surface area contributed by atoms with Gasteiger partial charge in [0.25, 0.3) is 0 Å². The molecule has 0 saturated carbocycles. The van der Waals surface area contributed by atoms with Crippen molar-refractivity contribution in [2.75, 3.05) is 31.0 Å². The standard InChI is InChI=1S/C12H19NO4S/c1-3-7-18(14,15)8-6-17-10-4-5-12(16-2)11(13)9-10/h4-5,9H,3,6-8,13H2,1-2H3. The lowest BCUT2D eigenvalue weighted by atomic mass is 10.3. The fraction of sp³-hybridized carbons (Fsp3) is 0.500. The van der Waals surface area contributed by atoms with E-state index in [4.69, 9.17) is 15.2 Å². The fourth-order valence-corrected chi connectivity index (χ4v) is 2.67. The third kappa shape index (κ3) is 4.44. The molecule has 0 fully saturated rings. The van der Waals surface area contributed by atoms with Gasteiger partial charge < -0.3 is 15.2 Å². The average molecular weight is 273 g/mol. The Hall–Kier alpha value is -1.43. The molecule has 6 heteroatoms. The Bertz CT molecular complexity index is 485. The molecule has 0 bridgehead atoms. The van der Waals surface area contributed by atoms with E-state index in [1.807, 2.05) is 6.92 Å². The lowest BCUT2D eigenvalue weighted by molar-refractivity contribution is 0.340. The van der Waals surface area contributed by atoms with Gasteiger partial charge >= 0.3 is 0 Å². The highest BCUT2D eigenvalue weighted by molar-refractivity contribution is 7.91. The van der Waals surface area contributed by atoms with Crippen LogP contribution in [0.1, 0.15) is 13.3 Å². The average Bonchev–Trinajstić information content (AvgIpc) is 2.29. The first-order valence-electron chi connectivity index (χ1n) is 5.75. The number of hydrogen-bond donors (Lipinski definition) is 1. The highest BCUT2D eigenvalue weighted by atomic mass is 32.2. The van der Waals surface area contributed by atoms with Gasteiger partial charge in [0.1, 0.15) is 18.1 Å². The number of benzene rings is 1. The maximum Gasteiger partial charge on any atom is 0.153 e. The van der Waals surface area contributed by atoms with Crippen molar-refractivity contribution >= 4 is 15.5 Å². The van der Waals surface area contributed by atoms with Gasteiger partial charge in [-0.15, -0.1) is 0 Å². The second-order valence-electron chi connectivity index (χ2n) is 3.90. The summed E-state index contributed by atoms with van der Waals surface area (Å²) >= 11 is 0. The van der Waals surface area contributed by atoms with Crippen LogP contribution in [0.3, 0.4) is 0 Å². The first-order chi connectivity index (χ1) is 8.48. The van der Waals surface area contributed by atoms with E-state index in [-0.39, 0.29) is 18.1 Å². The van der Waals surface area contributed by atoms with E-state index in [0.29, 0.717) is 23.6 Å². The first-order valence-corrected chi connectivity index (χ1v) is 7.57. The first kappa shape index (κ1) is 14.6. The quantitative estimate of drug-likeness (QED) is 0.761. The largest absolute Gasteiger partial charge is 0.495 e. The summed E-state index contributed by atoms with van der Waals surface area (Å²) in [4.78, 5) is 0. The van der Waals surface area contributed by atoms with Crippen molar-refractivity contribution in [2.45, 2.75) is 13.3 Å². The van der Waals surface area contributed by atoms with E-state index in [0.717, 1.165) is 0 Å². The number of anilines is 1. The summed E-state index contributed by atoms with van der Waals surface area (Å²) in [6.07, 6.45) is 0.623. The van der Waals surface area contributed by atoms with Gasteiger partial charge in [-0.25, -0.2) is 8.42 Å². The van der Waals surface area contributed by atoms with Gasteiger partial charge in [-0.05, 0) is 18.6 Å². The Balaban J connectivity index is 2.52. The van der Waals surface area contributed by atoms with Crippen LogP contribution in [0, 0.1) is 0 Å². The number of methoxy groups -OCH3 is 1. The number of ether oxygens (including phenoxy) is 2. The van der Waals surface area contributed by atoms with Gasteiger partial charge in [0.2, 0.25) is 0 Å². The van der Waals surface area contributed by atoms with Crippen molar-refractivity contribution in [3.63, 3.8) is 0 Å². The van der Waals surface area contributed by atoms with E-state index in [1.165, 1.54) is 7.11 Å². The number of hydrogen-bond acceptors (Lipinski definition) is 5. The van der Waals surface area contributed by atoms with Crippen molar-refractivity contribution in [2.24, 2.45) is 0 Å². The summed E-state index contributed by atoms with van der Waals surface area (Å²) in [5.74, 6) is 1.33. The minimum absolute atomic E-state index is 0.0206. The molecule has 0 spiro atoms. The van der Waals surface area contributed by atoms with Gasteiger partial charge in [0.15, 0.2) is 9.84 Å². The predicted octanol–water partition coefficient (Wildman–Crippen LogP) is 1.48. The molecule has 1 rings (SSSR count). The van der Waals surface area contributed by atoms with Crippen LogP contribution in [0.25, 0.3) is 0 Å². The Morgan fingerprint density at radius 1 is 1.28 bits per heavy atom. The second kappa shape index (κ2) is 6.49.